The van der Waals surface area contributed by atoms with Crippen LogP contribution in [0.15, 0.2) is 28.8 Å². The molecular weight excluding hydrogens is 383 g/mol. The van der Waals surface area contributed by atoms with Crippen LogP contribution in [0, 0.1) is 19.7 Å². The number of nitrogens with zero attached hydrogens (tertiary/aromatic N) is 6. The summed E-state index contributed by atoms with van der Waals surface area (Å²) in [7, 11) is 4.21. The molecule has 0 amide bonds. The van der Waals surface area contributed by atoms with Gasteiger partial charge in [-0.1, -0.05) is 0 Å². The molecule has 0 N–H and O–H groups in total. The quantitative estimate of drug-likeness (QED) is 0.514. The largest absolute Gasteiger partial charge is 0.423 e. The molecule has 0 saturated carbocycles. The Labute approximate surface area is 174 Å². The summed E-state index contributed by atoms with van der Waals surface area (Å²) >= 11 is 0. The number of aromatic nitrogens is 4. The van der Waals surface area contributed by atoms with Crippen LogP contribution in [-0.4, -0.2) is 57.7 Å². The summed E-state index contributed by atoms with van der Waals surface area (Å²) in [6, 6.07) is 6.27. The van der Waals surface area contributed by atoms with Crippen LogP contribution < -0.4 is 4.90 Å². The van der Waals surface area contributed by atoms with E-state index in [9.17, 15) is 4.39 Å². The number of fused-ring (bicyclic) bond motifs is 2. The maximum absolute atomic E-state index is 14.9. The van der Waals surface area contributed by atoms with Crippen molar-refractivity contribution >= 4 is 22.6 Å². The summed E-state index contributed by atoms with van der Waals surface area (Å²) < 4.78 is 22.7. The molecule has 3 aromatic heterocycles. The van der Waals surface area contributed by atoms with Crippen molar-refractivity contribution in [2.24, 2.45) is 0 Å². The molecule has 156 valence electrons. The van der Waals surface area contributed by atoms with Gasteiger partial charge in [0.2, 0.25) is 0 Å². The van der Waals surface area contributed by atoms with Crippen LogP contribution in [0.4, 0.5) is 10.4 Å². The lowest BCUT2D eigenvalue weighted by molar-refractivity contribution is 0.247. The van der Waals surface area contributed by atoms with Gasteiger partial charge in [-0.25, -0.2) is 8.91 Å². The van der Waals surface area contributed by atoms with Crippen LogP contribution in [0.2, 0.25) is 0 Å². The molecule has 0 unspecified atom stereocenters. The summed E-state index contributed by atoms with van der Waals surface area (Å²) in [5, 5.41) is 4.61. The van der Waals surface area contributed by atoms with Crippen molar-refractivity contribution in [3.63, 3.8) is 0 Å². The fraction of sp³-hybridized carbons (Fsp3) is 0.409. The molecule has 8 heteroatoms. The van der Waals surface area contributed by atoms with Crippen LogP contribution in [-0.2, 0) is 0 Å². The average molecular weight is 408 g/mol. The molecule has 7 nitrogen and oxygen atoms in total. The van der Waals surface area contributed by atoms with Crippen molar-refractivity contribution < 1.29 is 8.81 Å². The van der Waals surface area contributed by atoms with Crippen LogP contribution in [0.1, 0.15) is 24.2 Å². The SMILES string of the molecule is Cc1cn2nc(-c3cc(F)c4nc(N5CCC(N(C)C)CC5)oc4c3)cc2c(C)n1. The number of anilines is 1. The Balaban J connectivity index is 1.49. The van der Waals surface area contributed by atoms with E-state index in [0.29, 0.717) is 28.9 Å². The van der Waals surface area contributed by atoms with Crippen molar-refractivity contribution in [3.05, 3.63) is 41.6 Å². The van der Waals surface area contributed by atoms with Gasteiger partial charge < -0.3 is 14.2 Å². The van der Waals surface area contributed by atoms with E-state index in [1.165, 1.54) is 6.07 Å². The van der Waals surface area contributed by atoms with Gasteiger partial charge in [-0.3, -0.25) is 4.98 Å². The molecule has 1 aliphatic heterocycles. The molecule has 1 aromatic carbocycles. The molecule has 4 aromatic rings. The number of hydrogen-bond donors (Lipinski definition) is 0. The second-order valence-electron chi connectivity index (χ2n) is 8.31. The minimum atomic E-state index is -0.399. The molecular formula is C22H25FN6O. The third kappa shape index (κ3) is 3.21. The van der Waals surface area contributed by atoms with E-state index in [-0.39, 0.29) is 5.52 Å². The average Bonchev–Trinajstić information content (AvgIpc) is 3.32. The molecule has 1 saturated heterocycles. The molecule has 0 radical (unpaired) electrons. The first-order valence-corrected chi connectivity index (χ1v) is 10.2. The monoisotopic (exact) mass is 408 g/mol. The van der Waals surface area contributed by atoms with Gasteiger partial charge in [0.25, 0.3) is 6.01 Å². The van der Waals surface area contributed by atoms with Gasteiger partial charge in [0.1, 0.15) is 5.52 Å². The number of hydrogen-bond acceptors (Lipinski definition) is 6. The maximum Gasteiger partial charge on any atom is 0.298 e. The number of halogens is 1. The number of aryl methyl sites for hydroxylation is 2. The second-order valence-corrected chi connectivity index (χ2v) is 8.31. The Bertz CT molecular complexity index is 1240. The molecule has 30 heavy (non-hydrogen) atoms. The Morgan fingerprint density at radius 3 is 2.60 bits per heavy atom. The highest BCUT2D eigenvalue weighted by atomic mass is 19.1. The summed E-state index contributed by atoms with van der Waals surface area (Å²) in [5.41, 5.74) is 4.72. The number of oxazole rings is 1. The van der Waals surface area contributed by atoms with Crippen LogP contribution in [0.3, 0.4) is 0 Å². The highest BCUT2D eigenvalue weighted by Crippen LogP contribution is 2.31. The summed E-state index contributed by atoms with van der Waals surface area (Å²) in [6.45, 7) is 5.57. The van der Waals surface area contributed by atoms with Crippen LogP contribution >= 0.6 is 0 Å². The van der Waals surface area contributed by atoms with E-state index in [1.807, 2.05) is 32.2 Å². The first-order valence-electron chi connectivity index (χ1n) is 10.2. The highest BCUT2D eigenvalue weighted by Gasteiger charge is 2.25. The minimum Gasteiger partial charge on any atom is -0.423 e. The lowest BCUT2D eigenvalue weighted by Gasteiger charge is -2.34. The predicted octanol–water partition coefficient (Wildman–Crippen LogP) is 3.82. The fourth-order valence-electron chi connectivity index (χ4n) is 4.27. The van der Waals surface area contributed by atoms with Gasteiger partial charge in [0.15, 0.2) is 11.4 Å². The number of benzene rings is 1. The minimum absolute atomic E-state index is 0.265. The van der Waals surface area contributed by atoms with E-state index in [2.05, 4.69) is 39.0 Å². The lowest BCUT2D eigenvalue weighted by Crippen LogP contribution is -2.42. The van der Waals surface area contributed by atoms with Gasteiger partial charge >= 0.3 is 0 Å². The van der Waals surface area contributed by atoms with Gasteiger partial charge in [-0.05, 0) is 59.0 Å². The first kappa shape index (κ1) is 19.0. The van der Waals surface area contributed by atoms with E-state index in [1.54, 1.807) is 4.52 Å². The smallest absolute Gasteiger partial charge is 0.298 e. The van der Waals surface area contributed by atoms with E-state index < -0.39 is 5.82 Å². The molecule has 1 aliphatic rings. The zero-order chi connectivity index (χ0) is 21.0. The molecule has 0 bridgehead atoms. The van der Waals surface area contributed by atoms with Gasteiger partial charge in [-0.15, -0.1) is 0 Å². The molecule has 4 heterocycles. The normalized spacial score (nSPS) is 15.7. The van der Waals surface area contributed by atoms with Crippen molar-refractivity contribution in [3.8, 4) is 11.3 Å². The van der Waals surface area contributed by atoms with Gasteiger partial charge in [0.05, 0.1) is 28.8 Å². The third-order valence-electron chi connectivity index (χ3n) is 5.96. The van der Waals surface area contributed by atoms with Crippen molar-refractivity contribution in [2.45, 2.75) is 32.7 Å². The number of rotatable bonds is 3. The Hall–Kier alpha value is -3.00. The molecule has 0 aliphatic carbocycles. The third-order valence-corrected chi connectivity index (χ3v) is 5.96. The van der Waals surface area contributed by atoms with Crippen molar-refractivity contribution in [1.29, 1.82) is 0 Å². The van der Waals surface area contributed by atoms with E-state index in [4.69, 9.17) is 4.42 Å². The Morgan fingerprint density at radius 2 is 1.87 bits per heavy atom. The van der Waals surface area contributed by atoms with Crippen molar-refractivity contribution in [1.82, 2.24) is 24.5 Å². The van der Waals surface area contributed by atoms with Gasteiger partial charge in [-0.2, -0.15) is 10.1 Å². The molecule has 5 rings (SSSR count). The lowest BCUT2D eigenvalue weighted by atomic mass is 10.0. The Kier molecular flexibility index (Phi) is 4.47. The predicted molar refractivity (Wildman–Crippen MR) is 114 cm³/mol. The Morgan fingerprint density at radius 1 is 1.10 bits per heavy atom. The van der Waals surface area contributed by atoms with E-state index in [0.717, 1.165) is 42.8 Å². The van der Waals surface area contributed by atoms with Crippen LogP contribution in [0.25, 0.3) is 27.9 Å². The van der Waals surface area contributed by atoms with Crippen molar-refractivity contribution in [2.75, 3.05) is 32.1 Å². The zero-order valence-electron chi connectivity index (χ0n) is 17.7. The van der Waals surface area contributed by atoms with E-state index >= 15 is 0 Å². The first-order chi connectivity index (χ1) is 14.4. The zero-order valence-corrected chi connectivity index (χ0v) is 17.7. The highest BCUT2D eigenvalue weighted by molar-refractivity contribution is 5.82. The fourth-order valence-corrected chi connectivity index (χ4v) is 4.27. The molecule has 1 fully saturated rings. The topological polar surface area (TPSA) is 62.7 Å². The summed E-state index contributed by atoms with van der Waals surface area (Å²) in [5.74, 6) is -0.399. The number of piperidine rings is 1. The molecule has 0 spiro atoms. The summed E-state index contributed by atoms with van der Waals surface area (Å²) in [6.07, 6.45) is 3.94. The van der Waals surface area contributed by atoms with Crippen LogP contribution in [0.5, 0.6) is 0 Å². The standard InChI is InChI=1S/C22H25FN6O/c1-13-12-29-19(14(2)24-13)11-18(26-29)15-9-17(23)21-20(10-15)30-22(25-21)28-7-5-16(6-8-28)27(3)4/h9-12,16H,5-8H2,1-4H3. The molecule has 0 atom stereocenters. The van der Waals surface area contributed by atoms with Gasteiger partial charge in [0, 0.05) is 24.7 Å². The maximum atomic E-state index is 14.9. The second kappa shape index (κ2) is 7.05. The summed E-state index contributed by atoms with van der Waals surface area (Å²) in [4.78, 5) is 13.3.